The standard InChI is InChI=1S/C30H33N5O5/c36-27(31-21-24-11-8-20-40-24)14-6-7-15-34-29(38)25-12-4-5-13-26(25)35(30(34)39)22-28(37)33-18-16-32(17-19-33)23-9-2-1-3-10-23/h1-5,8-13,20H,6-7,14-19,21-22H2,(H,31,36). The summed E-state index contributed by atoms with van der Waals surface area (Å²) in [5, 5.41) is 3.18. The Balaban J connectivity index is 1.23. The van der Waals surface area contributed by atoms with Gasteiger partial charge in [0.1, 0.15) is 12.3 Å². The Morgan fingerprint density at radius 1 is 0.825 bits per heavy atom. The van der Waals surface area contributed by atoms with E-state index in [4.69, 9.17) is 4.42 Å². The summed E-state index contributed by atoms with van der Waals surface area (Å²) in [4.78, 5) is 56.1. The first-order chi connectivity index (χ1) is 19.5. The highest BCUT2D eigenvalue weighted by Crippen LogP contribution is 2.16. The summed E-state index contributed by atoms with van der Waals surface area (Å²) < 4.78 is 7.80. The monoisotopic (exact) mass is 543 g/mol. The molecular weight excluding hydrogens is 510 g/mol. The second-order valence-corrected chi connectivity index (χ2v) is 9.86. The molecule has 0 bridgehead atoms. The molecule has 2 aromatic heterocycles. The fourth-order valence-corrected chi connectivity index (χ4v) is 5.05. The number of nitrogens with one attached hydrogen (secondary N) is 1. The SMILES string of the molecule is O=C(CCCCn1c(=O)c2ccccc2n(CC(=O)N2CCN(c3ccccc3)CC2)c1=O)NCc1ccco1. The number of hydrogen-bond acceptors (Lipinski definition) is 6. The average Bonchev–Trinajstić information content (AvgIpc) is 3.52. The van der Waals surface area contributed by atoms with E-state index < -0.39 is 5.69 Å². The number of rotatable bonds is 10. The highest BCUT2D eigenvalue weighted by molar-refractivity contribution is 5.82. The Kier molecular flexibility index (Phi) is 8.44. The molecule has 10 heteroatoms. The number of unbranched alkanes of at least 4 members (excludes halogenated alkanes) is 1. The van der Waals surface area contributed by atoms with Gasteiger partial charge in [0.15, 0.2) is 0 Å². The van der Waals surface area contributed by atoms with Gasteiger partial charge in [-0.1, -0.05) is 30.3 Å². The zero-order chi connectivity index (χ0) is 27.9. The van der Waals surface area contributed by atoms with Crippen LogP contribution in [-0.4, -0.2) is 52.0 Å². The van der Waals surface area contributed by atoms with Gasteiger partial charge in [0, 0.05) is 44.8 Å². The Labute approximate surface area is 231 Å². The van der Waals surface area contributed by atoms with Crippen molar-refractivity contribution in [1.29, 1.82) is 0 Å². The minimum atomic E-state index is -0.512. The van der Waals surface area contributed by atoms with Crippen LogP contribution in [0.15, 0.2) is 87.0 Å². The van der Waals surface area contributed by atoms with Crippen LogP contribution in [0, 0.1) is 0 Å². The first-order valence-electron chi connectivity index (χ1n) is 13.6. The van der Waals surface area contributed by atoms with E-state index in [0.29, 0.717) is 62.2 Å². The van der Waals surface area contributed by atoms with Gasteiger partial charge in [-0.15, -0.1) is 0 Å². The molecular formula is C30H33N5O5. The van der Waals surface area contributed by atoms with Crippen molar-refractivity contribution in [2.45, 2.75) is 38.9 Å². The smallest absolute Gasteiger partial charge is 0.331 e. The molecule has 4 aromatic rings. The normalized spacial score (nSPS) is 13.5. The van der Waals surface area contributed by atoms with Crippen LogP contribution in [0.5, 0.6) is 0 Å². The first kappa shape index (κ1) is 27.0. The molecule has 40 heavy (non-hydrogen) atoms. The third kappa shape index (κ3) is 6.17. The van der Waals surface area contributed by atoms with Crippen LogP contribution < -0.4 is 21.5 Å². The number of para-hydroxylation sites is 2. The zero-order valence-corrected chi connectivity index (χ0v) is 22.3. The van der Waals surface area contributed by atoms with Crippen LogP contribution in [0.4, 0.5) is 5.69 Å². The number of nitrogens with zero attached hydrogens (tertiary/aromatic N) is 4. The molecule has 1 fully saturated rings. The molecule has 0 aliphatic carbocycles. The molecule has 0 atom stereocenters. The summed E-state index contributed by atoms with van der Waals surface area (Å²) in [7, 11) is 0. The Bertz CT molecular complexity index is 1570. The Hall–Kier alpha value is -4.60. The molecule has 0 unspecified atom stereocenters. The van der Waals surface area contributed by atoms with E-state index in [1.165, 1.54) is 9.13 Å². The van der Waals surface area contributed by atoms with Gasteiger partial charge in [-0.05, 0) is 49.2 Å². The number of aromatic nitrogens is 2. The van der Waals surface area contributed by atoms with Gasteiger partial charge >= 0.3 is 5.69 Å². The van der Waals surface area contributed by atoms with Gasteiger partial charge in [0.2, 0.25) is 11.8 Å². The average molecular weight is 544 g/mol. The second-order valence-electron chi connectivity index (χ2n) is 9.86. The highest BCUT2D eigenvalue weighted by Gasteiger charge is 2.23. The van der Waals surface area contributed by atoms with Crippen molar-refractivity contribution in [2.24, 2.45) is 0 Å². The zero-order valence-electron chi connectivity index (χ0n) is 22.3. The van der Waals surface area contributed by atoms with Crippen molar-refractivity contribution in [3.63, 3.8) is 0 Å². The minimum Gasteiger partial charge on any atom is -0.467 e. The number of amides is 2. The number of anilines is 1. The number of furan rings is 1. The predicted molar refractivity (Wildman–Crippen MR) is 152 cm³/mol. The third-order valence-electron chi connectivity index (χ3n) is 7.25. The van der Waals surface area contributed by atoms with Gasteiger partial charge in [-0.3, -0.25) is 23.5 Å². The summed E-state index contributed by atoms with van der Waals surface area (Å²) in [5.41, 5.74) is 0.673. The summed E-state index contributed by atoms with van der Waals surface area (Å²) in [6.45, 7) is 2.87. The van der Waals surface area contributed by atoms with Crippen molar-refractivity contribution in [2.75, 3.05) is 31.1 Å². The fraction of sp³-hybridized carbons (Fsp3) is 0.333. The van der Waals surface area contributed by atoms with Gasteiger partial charge in [0.25, 0.3) is 5.56 Å². The highest BCUT2D eigenvalue weighted by atomic mass is 16.3. The molecule has 2 amide bonds. The maximum atomic E-state index is 13.5. The lowest BCUT2D eigenvalue weighted by Gasteiger charge is -2.36. The number of piperazine rings is 1. The second kappa shape index (κ2) is 12.5. The molecule has 5 rings (SSSR count). The van der Waals surface area contributed by atoms with E-state index in [0.717, 1.165) is 5.69 Å². The third-order valence-corrected chi connectivity index (χ3v) is 7.25. The lowest BCUT2D eigenvalue weighted by atomic mass is 10.2. The van der Waals surface area contributed by atoms with E-state index in [9.17, 15) is 19.2 Å². The van der Waals surface area contributed by atoms with Crippen molar-refractivity contribution < 1.29 is 14.0 Å². The first-order valence-corrected chi connectivity index (χ1v) is 13.6. The number of carbonyl (C=O) groups excluding carboxylic acids is 2. The van der Waals surface area contributed by atoms with E-state index in [-0.39, 0.29) is 36.9 Å². The number of hydrogen-bond donors (Lipinski definition) is 1. The molecule has 0 radical (unpaired) electrons. The summed E-state index contributed by atoms with van der Waals surface area (Å²) >= 11 is 0. The van der Waals surface area contributed by atoms with E-state index in [1.54, 1.807) is 47.6 Å². The molecule has 1 saturated heterocycles. The van der Waals surface area contributed by atoms with E-state index in [1.807, 2.05) is 18.2 Å². The summed E-state index contributed by atoms with van der Waals surface area (Å²) in [5.74, 6) is 0.389. The van der Waals surface area contributed by atoms with Crippen LogP contribution in [-0.2, 0) is 29.2 Å². The van der Waals surface area contributed by atoms with Crippen molar-refractivity contribution in [1.82, 2.24) is 19.4 Å². The van der Waals surface area contributed by atoms with Crippen LogP contribution in [0.2, 0.25) is 0 Å². The van der Waals surface area contributed by atoms with Crippen molar-refractivity contribution in [3.05, 3.63) is 99.6 Å². The minimum absolute atomic E-state index is 0.127. The Morgan fingerprint density at radius 2 is 1.57 bits per heavy atom. The molecule has 1 aliphatic rings. The maximum Gasteiger partial charge on any atom is 0.331 e. The number of carbonyl (C=O) groups is 2. The predicted octanol–water partition coefficient (Wildman–Crippen LogP) is 2.59. The largest absolute Gasteiger partial charge is 0.467 e. The van der Waals surface area contributed by atoms with Gasteiger partial charge in [-0.25, -0.2) is 4.79 Å². The lowest BCUT2D eigenvalue weighted by Crippen LogP contribution is -2.50. The lowest BCUT2D eigenvalue weighted by molar-refractivity contribution is -0.132. The van der Waals surface area contributed by atoms with Gasteiger partial charge < -0.3 is 19.5 Å². The van der Waals surface area contributed by atoms with Crippen LogP contribution in [0.3, 0.4) is 0 Å². The quantitative estimate of drug-likeness (QED) is 0.308. The molecule has 3 heterocycles. The summed E-state index contributed by atoms with van der Waals surface area (Å²) in [6.07, 6.45) is 2.80. The fourth-order valence-electron chi connectivity index (χ4n) is 5.05. The Morgan fingerprint density at radius 3 is 2.33 bits per heavy atom. The van der Waals surface area contributed by atoms with E-state index in [2.05, 4.69) is 22.3 Å². The number of fused-ring (bicyclic) bond motifs is 1. The van der Waals surface area contributed by atoms with Crippen LogP contribution in [0.25, 0.3) is 10.9 Å². The van der Waals surface area contributed by atoms with Gasteiger partial charge in [0.05, 0.1) is 23.7 Å². The molecule has 208 valence electrons. The molecule has 1 N–H and O–H groups in total. The summed E-state index contributed by atoms with van der Waals surface area (Å²) in [6, 6.07) is 20.5. The van der Waals surface area contributed by atoms with Crippen LogP contribution >= 0.6 is 0 Å². The van der Waals surface area contributed by atoms with E-state index >= 15 is 0 Å². The van der Waals surface area contributed by atoms with Crippen molar-refractivity contribution >= 4 is 28.4 Å². The molecule has 2 aromatic carbocycles. The molecule has 0 saturated carbocycles. The molecule has 10 nitrogen and oxygen atoms in total. The molecule has 1 aliphatic heterocycles. The van der Waals surface area contributed by atoms with Crippen molar-refractivity contribution in [3.8, 4) is 0 Å². The molecule has 0 spiro atoms. The number of benzene rings is 2. The maximum absolute atomic E-state index is 13.5. The topological polar surface area (TPSA) is 110 Å². The van der Waals surface area contributed by atoms with Gasteiger partial charge in [-0.2, -0.15) is 0 Å². The van der Waals surface area contributed by atoms with Crippen LogP contribution in [0.1, 0.15) is 25.0 Å².